The van der Waals surface area contributed by atoms with Gasteiger partial charge in [-0.2, -0.15) is 5.26 Å². The molecule has 0 aliphatic rings. The molecule has 0 spiro atoms. The van der Waals surface area contributed by atoms with Crippen molar-refractivity contribution in [2.75, 3.05) is 0 Å². The van der Waals surface area contributed by atoms with Gasteiger partial charge in [-0.3, -0.25) is 4.79 Å². The van der Waals surface area contributed by atoms with Crippen molar-refractivity contribution in [3.05, 3.63) is 70.1 Å². The summed E-state index contributed by atoms with van der Waals surface area (Å²) in [4.78, 5) is 13.2. The van der Waals surface area contributed by atoms with Gasteiger partial charge in [-0.05, 0) is 48.7 Å². The van der Waals surface area contributed by atoms with E-state index in [1.807, 2.05) is 25.1 Å². The molecule has 0 fully saturated rings. The Morgan fingerprint density at radius 1 is 1.12 bits per heavy atom. The van der Waals surface area contributed by atoms with Crippen molar-refractivity contribution < 1.29 is 15.0 Å². The first-order chi connectivity index (χ1) is 15.4. The van der Waals surface area contributed by atoms with Gasteiger partial charge in [0.1, 0.15) is 22.9 Å². The number of aryl methyl sites for hydroxylation is 1. The number of hydrogen-bond acceptors (Lipinski definition) is 7. The Morgan fingerprint density at radius 3 is 2.59 bits per heavy atom. The third-order valence-corrected chi connectivity index (χ3v) is 6.41. The van der Waals surface area contributed by atoms with E-state index < -0.39 is 0 Å². The molecule has 0 radical (unpaired) electrons. The Kier molecular flexibility index (Phi) is 5.75. The number of rotatable bonds is 6. The van der Waals surface area contributed by atoms with Crippen LogP contribution >= 0.6 is 11.3 Å². The topological polar surface area (TPSA) is 112 Å². The molecule has 0 bridgehead atoms. The first kappa shape index (κ1) is 21.3. The molecule has 0 atom stereocenters. The van der Waals surface area contributed by atoms with E-state index in [0.29, 0.717) is 45.9 Å². The van der Waals surface area contributed by atoms with Crippen LogP contribution in [-0.2, 0) is 13.0 Å². The second kappa shape index (κ2) is 8.65. The van der Waals surface area contributed by atoms with Gasteiger partial charge in [-0.15, -0.1) is 16.4 Å². The molecule has 0 aliphatic carbocycles. The van der Waals surface area contributed by atoms with Crippen LogP contribution in [-0.4, -0.2) is 31.0 Å². The van der Waals surface area contributed by atoms with Crippen molar-refractivity contribution in [2.45, 2.75) is 26.8 Å². The SMILES string of the molecule is CCc1cc(-c2nnn(Cc3ccccc3C#N)c2-c2ccc(C(C)=O)s2)c(O)cc1O. The molecule has 4 aromatic rings. The number of carbonyl (C=O) groups excluding carboxylic acids is 1. The zero-order valence-electron chi connectivity index (χ0n) is 17.5. The Balaban J connectivity index is 1.92. The minimum Gasteiger partial charge on any atom is -0.508 e. The summed E-state index contributed by atoms with van der Waals surface area (Å²) in [6, 6.07) is 16.0. The molecule has 2 aromatic heterocycles. The Labute approximate surface area is 188 Å². The third-order valence-electron chi connectivity index (χ3n) is 5.21. The largest absolute Gasteiger partial charge is 0.508 e. The van der Waals surface area contributed by atoms with E-state index in [1.165, 1.54) is 24.3 Å². The van der Waals surface area contributed by atoms with Crippen molar-refractivity contribution in [3.63, 3.8) is 0 Å². The number of thiophene rings is 1. The number of aromatic hydroxyl groups is 2. The van der Waals surface area contributed by atoms with Gasteiger partial charge in [0.05, 0.1) is 27.9 Å². The molecule has 8 heteroatoms. The number of carbonyl (C=O) groups is 1. The van der Waals surface area contributed by atoms with Gasteiger partial charge in [0.25, 0.3) is 0 Å². The van der Waals surface area contributed by atoms with Crippen molar-refractivity contribution in [1.29, 1.82) is 5.26 Å². The fourth-order valence-corrected chi connectivity index (χ4v) is 4.48. The normalized spacial score (nSPS) is 10.8. The summed E-state index contributed by atoms with van der Waals surface area (Å²) < 4.78 is 1.67. The lowest BCUT2D eigenvalue weighted by Gasteiger charge is -2.11. The van der Waals surface area contributed by atoms with Crippen molar-refractivity contribution in [2.24, 2.45) is 0 Å². The number of phenolic OH excluding ortho intramolecular Hbond substituents is 2. The average Bonchev–Trinajstić information content (AvgIpc) is 3.41. The predicted octanol–water partition coefficient (Wildman–Crippen LogP) is 4.77. The fraction of sp³-hybridized carbons (Fsp3) is 0.167. The van der Waals surface area contributed by atoms with Crippen LogP contribution in [0, 0.1) is 11.3 Å². The summed E-state index contributed by atoms with van der Waals surface area (Å²) >= 11 is 1.31. The van der Waals surface area contributed by atoms with Crippen LogP contribution in [0.2, 0.25) is 0 Å². The number of ketones is 1. The summed E-state index contributed by atoms with van der Waals surface area (Å²) in [5.41, 5.74) is 3.48. The number of Topliss-reactive ketones (excluding diaryl/α,β-unsaturated/α-hetero) is 1. The van der Waals surface area contributed by atoms with Crippen LogP contribution in [0.5, 0.6) is 11.5 Å². The summed E-state index contributed by atoms with van der Waals surface area (Å²) in [5.74, 6) is -0.146. The molecule has 2 heterocycles. The second-order valence-corrected chi connectivity index (χ2v) is 8.37. The van der Waals surface area contributed by atoms with E-state index in [-0.39, 0.29) is 17.3 Å². The lowest BCUT2D eigenvalue weighted by atomic mass is 10.0. The molecule has 0 saturated carbocycles. The molecule has 0 amide bonds. The second-order valence-electron chi connectivity index (χ2n) is 7.28. The highest BCUT2D eigenvalue weighted by atomic mass is 32.1. The molecule has 7 nitrogen and oxygen atoms in total. The number of aromatic nitrogens is 3. The molecule has 160 valence electrons. The minimum atomic E-state index is -0.117. The van der Waals surface area contributed by atoms with Crippen molar-refractivity contribution in [1.82, 2.24) is 15.0 Å². The van der Waals surface area contributed by atoms with E-state index >= 15 is 0 Å². The van der Waals surface area contributed by atoms with Gasteiger partial charge in [0.2, 0.25) is 0 Å². The molecule has 2 aromatic carbocycles. The summed E-state index contributed by atoms with van der Waals surface area (Å²) in [7, 11) is 0. The van der Waals surface area contributed by atoms with Gasteiger partial charge < -0.3 is 10.2 Å². The monoisotopic (exact) mass is 444 g/mol. The molecule has 4 rings (SSSR count). The maximum absolute atomic E-state index is 11.9. The Morgan fingerprint density at radius 2 is 1.91 bits per heavy atom. The van der Waals surface area contributed by atoms with Crippen LogP contribution in [0.4, 0.5) is 0 Å². The number of nitrogens with zero attached hydrogens (tertiary/aromatic N) is 4. The maximum Gasteiger partial charge on any atom is 0.169 e. The lowest BCUT2D eigenvalue weighted by molar-refractivity contribution is 0.102. The van der Waals surface area contributed by atoms with Crippen LogP contribution in [0.25, 0.3) is 21.8 Å². The number of hydrogen-bond donors (Lipinski definition) is 2. The van der Waals surface area contributed by atoms with Crippen molar-refractivity contribution >= 4 is 17.1 Å². The molecule has 0 saturated heterocycles. The Hall–Kier alpha value is -3.96. The summed E-state index contributed by atoms with van der Waals surface area (Å²) in [6.45, 7) is 3.71. The zero-order valence-corrected chi connectivity index (χ0v) is 18.3. The quantitative estimate of drug-likeness (QED) is 0.414. The number of benzene rings is 2. The van der Waals surface area contributed by atoms with Gasteiger partial charge in [0, 0.05) is 11.6 Å². The Bertz CT molecular complexity index is 1360. The highest BCUT2D eigenvalue weighted by Gasteiger charge is 2.23. The molecule has 32 heavy (non-hydrogen) atoms. The lowest BCUT2D eigenvalue weighted by Crippen LogP contribution is -2.05. The molecular formula is C24H20N4O3S. The third kappa shape index (κ3) is 3.86. The highest BCUT2D eigenvalue weighted by molar-refractivity contribution is 7.17. The van der Waals surface area contributed by atoms with Crippen molar-refractivity contribution in [3.8, 4) is 39.4 Å². The molecular weight excluding hydrogens is 424 g/mol. The number of nitriles is 1. The average molecular weight is 445 g/mol. The highest BCUT2D eigenvalue weighted by Crippen LogP contribution is 2.41. The fourth-order valence-electron chi connectivity index (χ4n) is 3.53. The van der Waals surface area contributed by atoms with E-state index in [1.54, 1.807) is 28.9 Å². The van der Waals surface area contributed by atoms with Gasteiger partial charge in [-0.1, -0.05) is 30.3 Å². The van der Waals surface area contributed by atoms with E-state index in [0.717, 1.165) is 10.4 Å². The molecule has 0 aliphatic heterocycles. The maximum atomic E-state index is 11.9. The van der Waals surface area contributed by atoms with E-state index in [4.69, 9.17) is 0 Å². The van der Waals surface area contributed by atoms with Gasteiger partial charge >= 0.3 is 0 Å². The van der Waals surface area contributed by atoms with Crippen LogP contribution in [0.3, 0.4) is 0 Å². The van der Waals surface area contributed by atoms with E-state index in [2.05, 4.69) is 16.4 Å². The standard InChI is InChI=1S/C24H20N4O3S/c1-3-15-10-18(20(31)11-19(15)30)23-24(22-9-8-21(32-22)14(2)29)28(27-26-23)13-17-7-5-4-6-16(17)12-25/h4-11,30-31H,3,13H2,1-2H3. The zero-order chi connectivity index (χ0) is 22.8. The first-order valence-corrected chi connectivity index (χ1v) is 10.8. The van der Waals surface area contributed by atoms with Crippen LogP contribution in [0.15, 0.2) is 48.5 Å². The van der Waals surface area contributed by atoms with Gasteiger partial charge in [-0.25, -0.2) is 4.68 Å². The summed E-state index contributed by atoms with van der Waals surface area (Å²) in [5, 5.41) is 38.8. The van der Waals surface area contributed by atoms with Crippen LogP contribution in [0.1, 0.15) is 40.2 Å². The van der Waals surface area contributed by atoms with Gasteiger partial charge in [0.15, 0.2) is 5.78 Å². The molecule has 2 N–H and O–H groups in total. The minimum absolute atomic E-state index is 0.0145. The van der Waals surface area contributed by atoms with Crippen LogP contribution < -0.4 is 0 Å². The van der Waals surface area contributed by atoms with E-state index in [9.17, 15) is 20.3 Å². The smallest absolute Gasteiger partial charge is 0.169 e. The molecule has 0 unspecified atom stereocenters. The summed E-state index contributed by atoms with van der Waals surface area (Å²) in [6.07, 6.45) is 0.575. The number of phenols is 2. The predicted molar refractivity (Wildman–Crippen MR) is 122 cm³/mol. The first-order valence-electron chi connectivity index (χ1n) is 10.0.